The third-order valence-electron chi connectivity index (χ3n) is 5.57. The summed E-state index contributed by atoms with van der Waals surface area (Å²) in [5.74, 6) is 0.397. The van der Waals surface area contributed by atoms with Crippen LogP contribution in [0.15, 0.2) is 113 Å². The van der Waals surface area contributed by atoms with Gasteiger partial charge in [0.1, 0.15) is 6.61 Å². The van der Waals surface area contributed by atoms with Crippen molar-refractivity contribution in [2.24, 2.45) is 5.10 Å². The number of nitrogens with one attached hydrogen (secondary N) is 1. The molecule has 0 bridgehead atoms. The molecule has 2 N–H and O–H groups in total. The number of ether oxygens (including phenoxy) is 2. The minimum atomic E-state index is -1.91. The minimum Gasteiger partial charge on any atom is -0.493 e. The zero-order chi connectivity index (χ0) is 25.4. The predicted octanol–water partition coefficient (Wildman–Crippen LogP) is 5.42. The Morgan fingerprint density at radius 2 is 1.50 bits per heavy atom. The lowest BCUT2D eigenvalue weighted by Gasteiger charge is -2.27. The smallest absolute Gasteiger partial charge is 0.281 e. The van der Waals surface area contributed by atoms with Crippen LogP contribution < -0.4 is 14.9 Å². The van der Waals surface area contributed by atoms with Crippen molar-refractivity contribution in [2.75, 3.05) is 7.11 Å². The molecule has 0 aliphatic carbocycles. The predicted molar refractivity (Wildman–Crippen MR) is 143 cm³/mol. The highest BCUT2D eigenvalue weighted by Crippen LogP contribution is 2.37. The molecule has 0 spiro atoms. The van der Waals surface area contributed by atoms with Crippen LogP contribution in [0.25, 0.3) is 0 Å². The van der Waals surface area contributed by atoms with Gasteiger partial charge in [-0.2, -0.15) is 5.10 Å². The molecule has 36 heavy (non-hydrogen) atoms. The molecule has 0 atom stereocenters. The molecule has 182 valence electrons. The molecule has 1 amide bonds. The first-order valence-corrected chi connectivity index (χ1v) is 12.0. The summed E-state index contributed by atoms with van der Waals surface area (Å²) >= 11 is 3.53. The van der Waals surface area contributed by atoms with Gasteiger partial charge in [0.15, 0.2) is 17.1 Å². The summed E-state index contributed by atoms with van der Waals surface area (Å²) in [6, 6.07) is 30.9. The number of hydrazone groups is 1. The van der Waals surface area contributed by atoms with Crippen molar-refractivity contribution in [3.05, 3.63) is 130 Å². The van der Waals surface area contributed by atoms with Gasteiger partial charge in [0, 0.05) is 0 Å². The Morgan fingerprint density at radius 1 is 0.944 bits per heavy atom. The van der Waals surface area contributed by atoms with E-state index in [0.717, 1.165) is 5.56 Å². The van der Waals surface area contributed by atoms with Crippen LogP contribution >= 0.6 is 15.9 Å². The van der Waals surface area contributed by atoms with E-state index in [9.17, 15) is 9.90 Å². The highest BCUT2D eigenvalue weighted by Gasteiger charge is 2.39. The summed E-state index contributed by atoms with van der Waals surface area (Å²) in [6.45, 7) is 0.386. The first-order chi connectivity index (χ1) is 17.5. The summed E-state index contributed by atoms with van der Waals surface area (Å²) in [5.41, 5.74) is 3.14. The number of rotatable bonds is 9. The highest BCUT2D eigenvalue weighted by atomic mass is 79.9. The average molecular weight is 545 g/mol. The molecule has 0 aromatic heterocycles. The van der Waals surface area contributed by atoms with Crippen LogP contribution in [0.5, 0.6) is 11.5 Å². The SMILES string of the molecule is COc1cc(/C=N/NC(=O)C(O)(c2ccccc2)c2ccccc2)cc(Br)c1OCc1ccccc1. The topological polar surface area (TPSA) is 80.2 Å². The maximum absolute atomic E-state index is 13.2. The van der Waals surface area contributed by atoms with E-state index in [1.165, 1.54) is 6.21 Å². The normalized spacial score (nSPS) is 11.3. The van der Waals surface area contributed by atoms with Gasteiger partial charge < -0.3 is 14.6 Å². The molecule has 4 rings (SSSR count). The Balaban J connectivity index is 1.53. The first-order valence-electron chi connectivity index (χ1n) is 11.2. The van der Waals surface area contributed by atoms with Gasteiger partial charge >= 0.3 is 0 Å². The number of methoxy groups -OCH3 is 1. The quantitative estimate of drug-likeness (QED) is 0.217. The fourth-order valence-electron chi connectivity index (χ4n) is 3.72. The van der Waals surface area contributed by atoms with Crippen LogP contribution in [0.1, 0.15) is 22.3 Å². The van der Waals surface area contributed by atoms with Gasteiger partial charge in [-0.3, -0.25) is 4.79 Å². The molecule has 0 fully saturated rings. The highest BCUT2D eigenvalue weighted by molar-refractivity contribution is 9.10. The molecular formula is C29H25BrN2O4. The van der Waals surface area contributed by atoms with Crippen LogP contribution in [0.4, 0.5) is 0 Å². The fraction of sp³-hybridized carbons (Fsp3) is 0.103. The second-order valence-corrected chi connectivity index (χ2v) is 8.80. The van der Waals surface area contributed by atoms with Crippen LogP contribution in [0.2, 0.25) is 0 Å². The second kappa shape index (κ2) is 11.7. The Morgan fingerprint density at radius 3 is 2.06 bits per heavy atom. The van der Waals surface area contributed by atoms with Crippen molar-refractivity contribution in [3.63, 3.8) is 0 Å². The Labute approximate surface area is 218 Å². The maximum atomic E-state index is 13.2. The number of nitrogens with zero attached hydrogens (tertiary/aromatic N) is 1. The number of hydrogen-bond donors (Lipinski definition) is 2. The van der Waals surface area contributed by atoms with E-state index in [-0.39, 0.29) is 0 Å². The Bertz CT molecular complexity index is 1290. The first kappa shape index (κ1) is 25.2. The van der Waals surface area contributed by atoms with Gasteiger partial charge in [0.05, 0.1) is 17.8 Å². The van der Waals surface area contributed by atoms with Crippen molar-refractivity contribution in [1.82, 2.24) is 5.43 Å². The zero-order valence-electron chi connectivity index (χ0n) is 19.6. The van der Waals surface area contributed by atoms with Crippen LogP contribution in [0, 0.1) is 0 Å². The average Bonchev–Trinajstić information content (AvgIpc) is 2.93. The lowest BCUT2D eigenvalue weighted by atomic mass is 9.85. The molecule has 4 aromatic carbocycles. The number of benzene rings is 4. The van der Waals surface area contributed by atoms with Crippen molar-refractivity contribution < 1.29 is 19.4 Å². The largest absolute Gasteiger partial charge is 0.493 e. The zero-order valence-corrected chi connectivity index (χ0v) is 21.2. The van der Waals surface area contributed by atoms with Crippen molar-refractivity contribution in [2.45, 2.75) is 12.2 Å². The van der Waals surface area contributed by atoms with Gasteiger partial charge in [-0.1, -0.05) is 91.0 Å². The monoisotopic (exact) mass is 544 g/mol. The van der Waals surface area contributed by atoms with Crippen molar-refractivity contribution >= 4 is 28.1 Å². The number of amides is 1. The molecule has 0 saturated heterocycles. The van der Waals surface area contributed by atoms with Gasteiger partial charge in [0.2, 0.25) is 0 Å². The lowest BCUT2D eigenvalue weighted by Crippen LogP contribution is -2.43. The van der Waals surface area contributed by atoms with Gasteiger partial charge in [-0.05, 0) is 50.3 Å². The molecule has 0 aliphatic heterocycles. The van der Waals surface area contributed by atoms with Gasteiger partial charge in [-0.15, -0.1) is 0 Å². The summed E-state index contributed by atoms with van der Waals surface area (Å²) in [7, 11) is 1.56. The molecular weight excluding hydrogens is 520 g/mol. The van der Waals surface area contributed by atoms with Crippen LogP contribution in [-0.4, -0.2) is 24.3 Å². The molecule has 0 radical (unpaired) electrons. The van der Waals surface area contributed by atoms with E-state index in [1.807, 2.05) is 42.5 Å². The summed E-state index contributed by atoms with van der Waals surface area (Å²) in [6.07, 6.45) is 1.47. The number of aliphatic hydroxyl groups is 1. The number of hydrogen-bond acceptors (Lipinski definition) is 5. The third kappa shape index (κ3) is 5.64. The molecule has 0 saturated carbocycles. The molecule has 6 nitrogen and oxygen atoms in total. The van der Waals surface area contributed by atoms with Crippen molar-refractivity contribution in [3.8, 4) is 11.5 Å². The number of carbonyl (C=O) groups is 1. The van der Waals surface area contributed by atoms with E-state index >= 15 is 0 Å². The molecule has 0 aliphatic rings. The maximum Gasteiger partial charge on any atom is 0.281 e. The van der Waals surface area contributed by atoms with E-state index in [0.29, 0.717) is 39.3 Å². The molecule has 7 heteroatoms. The molecule has 0 unspecified atom stereocenters. The van der Waals surface area contributed by atoms with Crippen LogP contribution in [0.3, 0.4) is 0 Å². The number of halogens is 1. The standard InChI is InChI=1S/C29H25BrN2O4/c1-35-26-18-22(17-25(30)27(26)36-20-21-11-5-2-6-12-21)19-31-32-28(33)29(34,23-13-7-3-8-14-23)24-15-9-4-10-16-24/h2-19,34H,20H2,1H3,(H,32,33)/b31-19+. The molecule has 4 aromatic rings. The van der Waals surface area contributed by atoms with Crippen LogP contribution in [-0.2, 0) is 17.0 Å². The Kier molecular flexibility index (Phi) is 8.15. The molecule has 0 heterocycles. The van der Waals surface area contributed by atoms with E-state index in [1.54, 1.807) is 67.8 Å². The summed E-state index contributed by atoms with van der Waals surface area (Å²) in [4.78, 5) is 13.2. The van der Waals surface area contributed by atoms with Crippen molar-refractivity contribution in [1.29, 1.82) is 0 Å². The Hall–Kier alpha value is -3.94. The third-order valence-corrected chi connectivity index (χ3v) is 6.16. The summed E-state index contributed by atoms with van der Waals surface area (Å²) in [5, 5.41) is 15.6. The van der Waals surface area contributed by atoms with E-state index in [4.69, 9.17) is 9.47 Å². The summed E-state index contributed by atoms with van der Waals surface area (Å²) < 4.78 is 12.2. The minimum absolute atomic E-state index is 0.386. The second-order valence-electron chi connectivity index (χ2n) is 7.95. The van der Waals surface area contributed by atoms with E-state index < -0.39 is 11.5 Å². The number of carbonyl (C=O) groups excluding carboxylic acids is 1. The van der Waals surface area contributed by atoms with Gasteiger partial charge in [0.25, 0.3) is 5.91 Å². The fourth-order valence-corrected chi connectivity index (χ4v) is 4.29. The van der Waals surface area contributed by atoms with Gasteiger partial charge in [-0.25, -0.2) is 5.43 Å². The lowest BCUT2D eigenvalue weighted by molar-refractivity contribution is -0.136. The van der Waals surface area contributed by atoms with E-state index in [2.05, 4.69) is 26.5 Å².